The summed E-state index contributed by atoms with van der Waals surface area (Å²) >= 11 is 0. The maximum absolute atomic E-state index is 11.8. The van der Waals surface area contributed by atoms with E-state index in [1.54, 1.807) is 0 Å². The smallest absolute Gasteiger partial charge is 0.305 e. The average molecular weight is 509 g/mol. The fourth-order valence-corrected chi connectivity index (χ4v) is 5.20. The predicted molar refractivity (Wildman–Crippen MR) is 161 cm³/mol. The van der Waals surface area contributed by atoms with Crippen molar-refractivity contribution in [3.05, 3.63) is 0 Å². The molecule has 0 radical (unpaired) electrons. The van der Waals surface area contributed by atoms with Crippen molar-refractivity contribution in [3.63, 3.8) is 0 Å². The summed E-state index contributed by atoms with van der Waals surface area (Å²) in [5.74, 6) is 0.0204. The molecule has 0 N–H and O–H groups in total. The van der Waals surface area contributed by atoms with E-state index in [4.69, 9.17) is 4.74 Å². The maximum atomic E-state index is 11.8. The van der Waals surface area contributed by atoms with Crippen LogP contribution in [0.1, 0.15) is 206 Å². The van der Waals surface area contributed by atoms with Crippen LogP contribution in [0.3, 0.4) is 0 Å². The molecule has 0 aromatic heterocycles. The minimum atomic E-state index is 0.0204. The highest BCUT2D eigenvalue weighted by atomic mass is 16.5. The Morgan fingerprint density at radius 1 is 0.361 bits per heavy atom. The molecule has 0 aromatic rings. The highest BCUT2D eigenvalue weighted by molar-refractivity contribution is 5.69. The van der Waals surface area contributed by atoms with E-state index in [9.17, 15) is 4.79 Å². The standard InChI is InChI=1S/C34H68O2/c1-3-5-7-9-11-12-13-14-15-16-17-18-19-20-21-22-23-24-25-27-29-31-33-36-34(35)32-30-28-26-10-8-6-4-2/h3-33H2,1-2H3. The number of unbranched alkanes of at least 4 members (excludes halogenated alkanes) is 27. The normalized spacial score (nSPS) is 11.3. The monoisotopic (exact) mass is 509 g/mol. The second kappa shape index (κ2) is 32.5. The summed E-state index contributed by atoms with van der Waals surface area (Å²) in [6.45, 7) is 5.18. The maximum Gasteiger partial charge on any atom is 0.305 e. The Balaban J connectivity index is 3.10. The molecule has 0 heterocycles. The predicted octanol–water partition coefficient (Wildman–Crippen LogP) is 12.3. The summed E-state index contributed by atoms with van der Waals surface area (Å²) in [6.07, 6.45) is 40.3. The first-order valence-electron chi connectivity index (χ1n) is 17.0. The lowest BCUT2D eigenvalue weighted by molar-refractivity contribution is -0.143. The summed E-state index contributed by atoms with van der Waals surface area (Å²) in [7, 11) is 0. The highest BCUT2D eigenvalue weighted by Gasteiger charge is 2.02. The lowest BCUT2D eigenvalue weighted by Crippen LogP contribution is -2.05. The van der Waals surface area contributed by atoms with Crippen LogP contribution in [0.2, 0.25) is 0 Å². The number of esters is 1. The molecule has 0 saturated heterocycles. The van der Waals surface area contributed by atoms with E-state index in [1.165, 1.54) is 173 Å². The van der Waals surface area contributed by atoms with Crippen molar-refractivity contribution in [2.45, 2.75) is 206 Å². The van der Waals surface area contributed by atoms with Gasteiger partial charge in [0.25, 0.3) is 0 Å². The molecular formula is C34H68O2. The van der Waals surface area contributed by atoms with Crippen molar-refractivity contribution < 1.29 is 9.53 Å². The molecule has 0 spiro atoms. The minimum absolute atomic E-state index is 0.0204. The summed E-state index contributed by atoms with van der Waals surface area (Å²) in [5.41, 5.74) is 0. The quantitative estimate of drug-likeness (QED) is 0.0687. The molecule has 36 heavy (non-hydrogen) atoms. The molecule has 0 saturated carbocycles. The molecule has 0 fully saturated rings. The largest absolute Gasteiger partial charge is 0.466 e. The van der Waals surface area contributed by atoms with Gasteiger partial charge in [0, 0.05) is 6.42 Å². The zero-order valence-electron chi connectivity index (χ0n) is 25.2. The number of carbonyl (C=O) groups excluding carboxylic acids is 1. The van der Waals surface area contributed by atoms with Crippen molar-refractivity contribution in [2.75, 3.05) is 6.61 Å². The van der Waals surface area contributed by atoms with Crippen molar-refractivity contribution >= 4 is 5.97 Å². The molecule has 216 valence electrons. The second-order valence-electron chi connectivity index (χ2n) is 11.5. The van der Waals surface area contributed by atoms with Gasteiger partial charge in [0.15, 0.2) is 0 Å². The van der Waals surface area contributed by atoms with Gasteiger partial charge >= 0.3 is 5.97 Å². The molecule has 0 aliphatic rings. The van der Waals surface area contributed by atoms with Gasteiger partial charge in [-0.2, -0.15) is 0 Å². The minimum Gasteiger partial charge on any atom is -0.466 e. The molecule has 2 nitrogen and oxygen atoms in total. The number of carbonyl (C=O) groups is 1. The van der Waals surface area contributed by atoms with Gasteiger partial charge in [0.05, 0.1) is 6.61 Å². The van der Waals surface area contributed by atoms with Crippen LogP contribution in [0.15, 0.2) is 0 Å². The molecule has 0 atom stereocenters. The Morgan fingerprint density at radius 2 is 0.611 bits per heavy atom. The number of hydrogen-bond acceptors (Lipinski definition) is 2. The number of rotatable bonds is 31. The van der Waals surface area contributed by atoms with Crippen LogP contribution in [-0.4, -0.2) is 12.6 Å². The third-order valence-corrected chi connectivity index (χ3v) is 7.75. The summed E-state index contributed by atoms with van der Waals surface area (Å²) in [4.78, 5) is 11.8. The summed E-state index contributed by atoms with van der Waals surface area (Å²) < 4.78 is 5.39. The molecule has 2 heteroatoms. The molecule has 0 aliphatic carbocycles. The van der Waals surface area contributed by atoms with E-state index >= 15 is 0 Å². The first-order valence-corrected chi connectivity index (χ1v) is 17.0. The van der Waals surface area contributed by atoms with Crippen molar-refractivity contribution in [2.24, 2.45) is 0 Å². The Morgan fingerprint density at radius 3 is 0.917 bits per heavy atom. The Labute approximate surface area is 228 Å². The van der Waals surface area contributed by atoms with Gasteiger partial charge in [-0.3, -0.25) is 4.79 Å². The fraction of sp³-hybridized carbons (Fsp3) is 0.971. The van der Waals surface area contributed by atoms with Gasteiger partial charge in [0.1, 0.15) is 0 Å². The number of ether oxygens (including phenoxy) is 1. The van der Waals surface area contributed by atoms with Crippen LogP contribution in [0.4, 0.5) is 0 Å². The van der Waals surface area contributed by atoms with Crippen molar-refractivity contribution in [1.29, 1.82) is 0 Å². The average Bonchev–Trinajstić information content (AvgIpc) is 2.88. The third kappa shape index (κ3) is 31.5. The lowest BCUT2D eigenvalue weighted by atomic mass is 10.0. The fourth-order valence-electron chi connectivity index (χ4n) is 5.20. The van der Waals surface area contributed by atoms with E-state index in [1.807, 2.05) is 0 Å². The van der Waals surface area contributed by atoms with E-state index in [0.29, 0.717) is 13.0 Å². The van der Waals surface area contributed by atoms with E-state index < -0.39 is 0 Å². The SMILES string of the molecule is CCCCCCCCCCCCCCCCCCCCCCCCOC(=O)CCCCCCCCC. The van der Waals surface area contributed by atoms with Crippen LogP contribution in [0, 0.1) is 0 Å². The van der Waals surface area contributed by atoms with Gasteiger partial charge in [-0.1, -0.05) is 187 Å². The second-order valence-corrected chi connectivity index (χ2v) is 11.5. The van der Waals surface area contributed by atoms with Crippen LogP contribution >= 0.6 is 0 Å². The summed E-state index contributed by atoms with van der Waals surface area (Å²) in [6, 6.07) is 0. The van der Waals surface area contributed by atoms with E-state index in [2.05, 4.69) is 13.8 Å². The van der Waals surface area contributed by atoms with Crippen LogP contribution in [0.5, 0.6) is 0 Å². The molecule has 0 rings (SSSR count). The molecular weight excluding hydrogens is 440 g/mol. The number of hydrogen-bond donors (Lipinski definition) is 0. The molecule has 0 bridgehead atoms. The molecule has 0 unspecified atom stereocenters. The summed E-state index contributed by atoms with van der Waals surface area (Å²) in [5, 5.41) is 0. The van der Waals surface area contributed by atoms with Gasteiger partial charge in [-0.15, -0.1) is 0 Å². The van der Waals surface area contributed by atoms with E-state index in [0.717, 1.165) is 12.8 Å². The van der Waals surface area contributed by atoms with Crippen molar-refractivity contribution in [1.82, 2.24) is 0 Å². The van der Waals surface area contributed by atoms with Gasteiger partial charge in [-0.05, 0) is 12.8 Å². The zero-order valence-corrected chi connectivity index (χ0v) is 25.2. The van der Waals surface area contributed by atoms with E-state index in [-0.39, 0.29) is 5.97 Å². The van der Waals surface area contributed by atoms with Gasteiger partial charge in [0.2, 0.25) is 0 Å². The van der Waals surface area contributed by atoms with Crippen LogP contribution in [0.25, 0.3) is 0 Å². The van der Waals surface area contributed by atoms with Gasteiger partial charge in [-0.25, -0.2) is 0 Å². The first kappa shape index (κ1) is 35.5. The van der Waals surface area contributed by atoms with Crippen LogP contribution in [-0.2, 0) is 9.53 Å². The zero-order chi connectivity index (χ0) is 26.2. The lowest BCUT2D eigenvalue weighted by Gasteiger charge is -2.06. The Kier molecular flexibility index (Phi) is 32.0. The Bertz CT molecular complexity index is 406. The Hall–Kier alpha value is -0.530. The van der Waals surface area contributed by atoms with Gasteiger partial charge < -0.3 is 4.74 Å². The molecule has 0 aliphatic heterocycles. The molecule has 0 amide bonds. The third-order valence-electron chi connectivity index (χ3n) is 7.75. The highest BCUT2D eigenvalue weighted by Crippen LogP contribution is 2.15. The van der Waals surface area contributed by atoms with Crippen LogP contribution < -0.4 is 0 Å². The molecule has 0 aromatic carbocycles. The first-order chi connectivity index (χ1) is 17.8. The topological polar surface area (TPSA) is 26.3 Å². The van der Waals surface area contributed by atoms with Crippen molar-refractivity contribution in [3.8, 4) is 0 Å².